The smallest absolute Gasteiger partial charge is 0.246 e. The summed E-state index contributed by atoms with van der Waals surface area (Å²) in [5.41, 5.74) is 8.11. The second-order valence-electron chi connectivity index (χ2n) is 20.3. The zero-order chi connectivity index (χ0) is 52.4. The molecule has 2 aliphatic heterocycles. The molecule has 2 saturated heterocycles. The molecule has 0 radical (unpaired) electrons. The molecule has 0 aliphatic carbocycles. The first-order valence-electron chi connectivity index (χ1n) is 25.6. The van der Waals surface area contributed by atoms with Crippen LogP contribution >= 0.6 is 11.3 Å². The van der Waals surface area contributed by atoms with Crippen molar-refractivity contribution in [3.63, 3.8) is 0 Å². The van der Waals surface area contributed by atoms with Gasteiger partial charge in [0.2, 0.25) is 23.6 Å². The van der Waals surface area contributed by atoms with Gasteiger partial charge >= 0.3 is 0 Å². The number of aliphatic hydroxyl groups is 1. The first-order valence-corrected chi connectivity index (χ1v) is 26.5. The molecule has 392 valence electrons. The van der Waals surface area contributed by atoms with E-state index in [1.165, 1.54) is 18.1 Å². The monoisotopic (exact) mass is 1030 g/mol. The lowest BCUT2D eigenvalue weighted by molar-refractivity contribution is -0.144. The Morgan fingerprint density at radius 1 is 0.892 bits per heavy atom. The topological polar surface area (TPSA) is 211 Å². The van der Waals surface area contributed by atoms with Gasteiger partial charge in [-0.05, 0) is 60.6 Å². The van der Waals surface area contributed by atoms with E-state index in [1.54, 1.807) is 29.7 Å². The van der Waals surface area contributed by atoms with E-state index in [-0.39, 0.29) is 60.9 Å². The summed E-state index contributed by atoms with van der Waals surface area (Å²) in [6.45, 7) is 12.0. The molecular formula is C55H68FN11O6S. The molecule has 74 heavy (non-hydrogen) atoms. The van der Waals surface area contributed by atoms with Crippen LogP contribution in [0.3, 0.4) is 0 Å². The quantitative estimate of drug-likeness (QED) is 0.0460. The molecule has 8 rings (SSSR count). The largest absolute Gasteiger partial charge is 0.496 e. The number of nitrogens with zero attached hydrogens (tertiary/aromatic N) is 7. The van der Waals surface area contributed by atoms with Crippen molar-refractivity contribution < 1.29 is 33.4 Å². The molecule has 0 bridgehead atoms. The summed E-state index contributed by atoms with van der Waals surface area (Å²) in [7, 11) is 1.48. The number of aliphatic hydroxyl groups excluding tert-OH is 1. The van der Waals surface area contributed by atoms with Crippen LogP contribution in [0.4, 0.5) is 10.1 Å². The number of unbranched alkanes of at least 4 members (excludes halogenated alkanes) is 5. The lowest BCUT2D eigenvalue weighted by atomic mass is 9.85. The fourth-order valence-electron chi connectivity index (χ4n) is 9.64. The van der Waals surface area contributed by atoms with E-state index in [2.05, 4.69) is 63.0 Å². The number of aryl methyl sites for hydroxylation is 1. The molecule has 5 N–H and O–H groups in total. The number of benzene rings is 3. The number of ether oxygens (including phenoxy) is 1. The SMILES string of the molecule is COc1cccc(F)c1-c1ncc2[nH]nc(-c3ccc(N4CCN(CC(=O)NCCCCCCCCC(=O)N[C@H](C(=O)N5C[C@H](O)C[C@H]5C(=O)NCc5ccc(-c6scnc6C)cc5)C(C)(C)C)CC4)cc3)c2n1. The second kappa shape index (κ2) is 24.5. The molecule has 0 spiro atoms. The maximum Gasteiger partial charge on any atom is 0.246 e. The lowest BCUT2D eigenvalue weighted by Crippen LogP contribution is -2.57. The molecule has 6 aromatic rings. The number of nitrogens with one attached hydrogen (secondary N) is 4. The number of hydrogen-bond donors (Lipinski definition) is 5. The van der Waals surface area contributed by atoms with Crippen LogP contribution in [0, 0.1) is 18.2 Å². The number of β-amino-alcohol motifs (C(OH)–C–C–N with tert-alkyl or cyclic N) is 1. The van der Waals surface area contributed by atoms with Gasteiger partial charge in [0, 0.05) is 69.9 Å². The van der Waals surface area contributed by atoms with Crippen LogP contribution in [-0.2, 0) is 25.7 Å². The molecule has 0 unspecified atom stereocenters. The minimum Gasteiger partial charge on any atom is -0.496 e. The molecule has 3 aromatic heterocycles. The number of methoxy groups -OCH3 is 1. The van der Waals surface area contributed by atoms with E-state index in [1.807, 2.05) is 69.6 Å². The number of carbonyl (C=O) groups is 4. The van der Waals surface area contributed by atoms with Crippen LogP contribution in [0.15, 0.2) is 78.4 Å². The Hall–Kier alpha value is -6.83. The van der Waals surface area contributed by atoms with Gasteiger partial charge in [0.1, 0.15) is 40.4 Å². The molecule has 0 saturated carbocycles. The van der Waals surface area contributed by atoms with Crippen LogP contribution in [0.25, 0.3) is 44.1 Å². The Balaban J connectivity index is 0.692. The number of aromatic nitrogens is 5. The summed E-state index contributed by atoms with van der Waals surface area (Å²) < 4.78 is 20.2. The molecule has 3 atom stereocenters. The zero-order valence-electron chi connectivity index (χ0n) is 43.0. The maximum absolute atomic E-state index is 14.8. The predicted molar refractivity (Wildman–Crippen MR) is 285 cm³/mol. The molecule has 2 aliphatic rings. The maximum atomic E-state index is 14.8. The number of amides is 4. The van der Waals surface area contributed by atoms with Crippen LogP contribution < -0.4 is 25.6 Å². The van der Waals surface area contributed by atoms with Crippen LogP contribution in [0.2, 0.25) is 0 Å². The van der Waals surface area contributed by atoms with Crippen LogP contribution in [0.5, 0.6) is 5.75 Å². The van der Waals surface area contributed by atoms with E-state index in [0.717, 1.165) is 91.2 Å². The Bertz CT molecular complexity index is 2880. The molecule has 17 nitrogen and oxygen atoms in total. The van der Waals surface area contributed by atoms with Crippen molar-refractivity contribution >= 4 is 51.7 Å². The van der Waals surface area contributed by atoms with Crippen molar-refractivity contribution in [3.8, 4) is 38.8 Å². The summed E-state index contributed by atoms with van der Waals surface area (Å²) in [5, 5.41) is 27.1. The summed E-state index contributed by atoms with van der Waals surface area (Å²) >= 11 is 1.58. The van der Waals surface area contributed by atoms with E-state index < -0.39 is 29.4 Å². The molecular weight excluding hydrogens is 962 g/mol. The fraction of sp³-hybridized carbons (Fsp3) is 0.455. The number of anilines is 1. The van der Waals surface area contributed by atoms with Gasteiger partial charge in [-0.15, -0.1) is 11.3 Å². The molecule has 4 amide bonds. The lowest BCUT2D eigenvalue weighted by Gasteiger charge is -2.35. The Labute approximate surface area is 435 Å². The third-order valence-corrected chi connectivity index (χ3v) is 14.8. The molecule has 2 fully saturated rings. The van der Waals surface area contributed by atoms with Gasteiger partial charge in [-0.25, -0.2) is 19.3 Å². The van der Waals surface area contributed by atoms with Gasteiger partial charge in [-0.1, -0.05) is 88.9 Å². The van der Waals surface area contributed by atoms with Crippen molar-refractivity contribution in [2.75, 3.05) is 57.8 Å². The van der Waals surface area contributed by atoms with Gasteiger partial charge in [0.05, 0.1) is 47.6 Å². The number of fused-ring (bicyclic) bond motifs is 1. The molecule has 5 heterocycles. The van der Waals surface area contributed by atoms with Gasteiger partial charge in [0.15, 0.2) is 5.82 Å². The van der Waals surface area contributed by atoms with Gasteiger partial charge in [-0.3, -0.25) is 29.2 Å². The van der Waals surface area contributed by atoms with E-state index in [4.69, 9.17) is 4.74 Å². The van der Waals surface area contributed by atoms with Crippen molar-refractivity contribution in [1.82, 2.24) is 50.9 Å². The number of aromatic amines is 1. The number of piperazine rings is 1. The van der Waals surface area contributed by atoms with Gasteiger partial charge in [0.25, 0.3) is 0 Å². The summed E-state index contributed by atoms with van der Waals surface area (Å²) in [5.74, 6) is -0.822. The number of carbonyl (C=O) groups excluding carboxylic acids is 4. The highest BCUT2D eigenvalue weighted by atomic mass is 32.1. The van der Waals surface area contributed by atoms with E-state index in [0.29, 0.717) is 42.0 Å². The van der Waals surface area contributed by atoms with E-state index >= 15 is 0 Å². The van der Waals surface area contributed by atoms with Crippen LogP contribution in [0.1, 0.15) is 83.4 Å². The Morgan fingerprint density at radius 2 is 1.61 bits per heavy atom. The van der Waals surface area contributed by atoms with Crippen molar-refractivity contribution in [2.45, 2.75) is 104 Å². The van der Waals surface area contributed by atoms with Crippen molar-refractivity contribution in [3.05, 3.63) is 95.5 Å². The first-order chi connectivity index (χ1) is 35.7. The number of halogens is 1. The van der Waals surface area contributed by atoms with Gasteiger partial charge in [-0.2, -0.15) is 5.10 Å². The summed E-state index contributed by atoms with van der Waals surface area (Å²) in [6, 6.07) is 18.9. The summed E-state index contributed by atoms with van der Waals surface area (Å²) in [6.07, 6.45) is 6.49. The number of H-pyrrole nitrogens is 1. The molecule has 19 heteroatoms. The third kappa shape index (κ3) is 13.3. The Morgan fingerprint density at radius 3 is 2.31 bits per heavy atom. The fourth-order valence-corrected chi connectivity index (χ4v) is 10.5. The number of likely N-dealkylation sites (tertiary alicyclic amines) is 1. The van der Waals surface area contributed by atoms with E-state index in [9.17, 15) is 28.7 Å². The number of hydrogen-bond acceptors (Lipinski definition) is 13. The number of rotatable bonds is 21. The first kappa shape index (κ1) is 53.5. The van der Waals surface area contributed by atoms with Crippen LogP contribution in [-0.4, -0.2) is 135 Å². The predicted octanol–water partition coefficient (Wildman–Crippen LogP) is 7.04. The zero-order valence-corrected chi connectivity index (χ0v) is 43.8. The minimum atomic E-state index is -0.867. The standard InChI is InChI=1S/C55H68FN11O6S/c1-35-50(74-34-60-35)38-18-16-36(17-19-38)30-59-53(71)43-29-40(68)32-67(43)54(72)51(55(2,3)4)61-45(69)15-10-8-6-7-9-11-24-57-46(70)33-65-25-27-66(28-26-65)39-22-20-37(21-23-39)48-49-42(63-64-48)31-58-52(62-49)47-41(56)13-12-14-44(47)73-5/h12-14,16-23,31,34,40,43,51,68H,6-11,15,24-30,32-33H2,1-5H3,(H,57,70)(H,59,71)(H,61,69)(H,63,64)/t40-,43+,51-/m1/s1. The minimum absolute atomic E-state index is 0.0208. The second-order valence-corrected chi connectivity index (χ2v) is 21.2. The summed E-state index contributed by atoms with van der Waals surface area (Å²) in [4.78, 5) is 73.9. The van der Waals surface area contributed by atoms with Crippen molar-refractivity contribution in [1.29, 1.82) is 0 Å². The normalized spacial score (nSPS) is 16.6. The third-order valence-electron chi connectivity index (χ3n) is 13.8. The Kier molecular flexibility index (Phi) is 17.7. The molecule has 3 aromatic carbocycles. The van der Waals surface area contributed by atoms with Gasteiger partial charge < -0.3 is 35.6 Å². The number of thiazole rings is 1. The highest BCUT2D eigenvalue weighted by Gasteiger charge is 2.44. The average molecular weight is 1030 g/mol. The highest BCUT2D eigenvalue weighted by molar-refractivity contribution is 7.13. The average Bonchev–Trinajstić information content (AvgIpc) is 4.14. The van der Waals surface area contributed by atoms with Crippen molar-refractivity contribution in [2.24, 2.45) is 5.41 Å². The highest BCUT2D eigenvalue weighted by Crippen LogP contribution is 2.34.